The lowest BCUT2D eigenvalue weighted by Gasteiger charge is -2.29. The second-order valence-electron chi connectivity index (χ2n) is 6.39. The van der Waals surface area contributed by atoms with Crippen LogP contribution in [0.3, 0.4) is 0 Å². The van der Waals surface area contributed by atoms with Gasteiger partial charge in [0.15, 0.2) is 5.78 Å². The second kappa shape index (κ2) is 5.03. The van der Waals surface area contributed by atoms with Crippen molar-refractivity contribution in [3.63, 3.8) is 0 Å². The van der Waals surface area contributed by atoms with Crippen molar-refractivity contribution in [3.8, 4) is 0 Å². The monoisotopic (exact) mass is 312 g/mol. The van der Waals surface area contributed by atoms with Gasteiger partial charge in [-0.3, -0.25) is 9.78 Å². The van der Waals surface area contributed by atoms with Crippen LogP contribution in [-0.2, 0) is 4.79 Å². The number of ketones is 1. The summed E-state index contributed by atoms with van der Waals surface area (Å²) in [5.74, 6) is 0.219. The number of nitrogens with zero attached hydrogens (tertiary/aromatic N) is 1. The summed E-state index contributed by atoms with van der Waals surface area (Å²) < 4.78 is 0. The summed E-state index contributed by atoms with van der Waals surface area (Å²) in [6.07, 6.45) is 3.22. The van der Waals surface area contributed by atoms with E-state index in [1.54, 1.807) is 0 Å². The molecule has 3 heteroatoms. The fourth-order valence-corrected chi connectivity index (χ4v) is 4.00. The molecule has 3 nitrogen and oxygen atoms in total. The molecule has 1 aromatic heterocycles. The van der Waals surface area contributed by atoms with Crippen molar-refractivity contribution in [2.45, 2.75) is 18.8 Å². The molecule has 2 aliphatic rings. The summed E-state index contributed by atoms with van der Waals surface area (Å²) in [4.78, 5) is 17.3. The van der Waals surface area contributed by atoms with Gasteiger partial charge >= 0.3 is 0 Å². The highest BCUT2D eigenvalue weighted by Gasteiger charge is 2.37. The number of hydrogen-bond donors (Lipinski definition) is 1. The van der Waals surface area contributed by atoms with Crippen LogP contribution in [0.25, 0.3) is 10.9 Å². The van der Waals surface area contributed by atoms with Gasteiger partial charge in [-0.05, 0) is 24.1 Å². The van der Waals surface area contributed by atoms with Crippen LogP contribution in [0, 0.1) is 0 Å². The van der Waals surface area contributed by atoms with Crippen molar-refractivity contribution in [2.75, 3.05) is 5.32 Å². The molecule has 0 saturated carbocycles. The predicted octanol–water partition coefficient (Wildman–Crippen LogP) is 4.41. The number of carbonyl (C=O) groups is 1. The summed E-state index contributed by atoms with van der Waals surface area (Å²) in [5, 5.41) is 4.61. The lowest BCUT2D eigenvalue weighted by molar-refractivity contribution is -0.115. The van der Waals surface area contributed by atoms with E-state index >= 15 is 0 Å². The van der Waals surface area contributed by atoms with Gasteiger partial charge in [-0.15, -0.1) is 0 Å². The van der Waals surface area contributed by atoms with Crippen LogP contribution in [0.1, 0.15) is 29.9 Å². The van der Waals surface area contributed by atoms with Gasteiger partial charge in [0, 0.05) is 46.4 Å². The molecule has 2 aromatic carbocycles. The van der Waals surface area contributed by atoms with E-state index < -0.39 is 0 Å². The van der Waals surface area contributed by atoms with Crippen LogP contribution in [0.5, 0.6) is 0 Å². The molecular weight excluding hydrogens is 296 g/mol. The molecular formula is C21H16N2O. The highest BCUT2D eigenvalue weighted by atomic mass is 16.1. The van der Waals surface area contributed by atoms with Crippen LogP contribution >= 0.6 is 0 Å². The molecule has 1 aliphatic heterocycles. The number of aromatic nitrogens is 1. The highest BCUT2D eigenvalue weighted by molar-refractivity contribution is 6.04. The van der Waals surface area contributed by atoms with Gasteiger partial charge in [0.25, 0.3) is 0 Å². The Balaban J connectivity index is 1.85. The first kappa shape index (κ1) is 13.5. The van der Waals surface area contributed by atoms with Gasteiger partial charge in [-0.1, -0.05) is 42.5 Å². The van der Waals surface area contributed by atoms with Crippen LogP contribution in [-0.4, -0.2) is 10.8 Å². The fraction of sp³-hybridized carbons (Fsp3) is 0.143. The van der Waals surface area contributed by atoms with Crippen molar-refractivity contribution in [3.05, 3.63) is 83.2 Å². The number of allylic oxidation sites excluding steroid dienone is 2. The number of nitrogens with one attached hydrogen (secondary N) is 1. The lowest BCUT2D eigenvalue weighted by Crippen LogP contribution is -2.19. The molecule has 2 heterocycles. The number of fused-ring (bicyclic) bond motifs is 3. The molecule has 0 amide bonds. The molecule has 3 aromatic rings. The molecule has 5 rings (SSSR count). The molecule has 1 N–H and O–H groups in total. The molecule has 116 valence electrons. The predicted molar refractivity (Wildman–Crippen MR) is 94.9 cm³/mol. The Morgan fingerprint density at radius 2 is 1.83 bits per heavy atom. The minimum atomic E-state index is -0.0361. The van der Waals surface area contributed by atoms with Crippen molar-refractivity contribution in [1.29, 1.82) is 0 Å². The SMILES string of the molecule is O=C1CCC2=C1C(c1ccccc1)c1c(ccc3cccnc13)N2. The number of pyridine rings is 1. The molecule has 1 unspecified atom stereocenters. The minimum Gasteiger partial charge on any atom is -0.358 e. The van der Waals surface area contributed by atoms with Gasteiger partial charge in [-0.2, -0.15) is 0 Å². The first-order chi connectivity index (χ1) is 11.8. The average Bonchev–Trinajstić information content (AvgIpc) is 3.01. The number of carbonyl (C=O) groups excluding carboxylic acids is 1. The number of hydrogen-bond acceptors (Lipinski definition) is 3. The fourth-order valence-electron chi connectivity index (χ4n) is 4.00. The number of rotatable bonds is 1. The number of Topliss-reactive ketones (excluding diaryl/α,β-unsaturated/α-hetero) is 1. The van der Waals surface area contributed by atoms with E-state index in [9.17, 15) is 4.79 Å². The van der Waals surface area contributed by atoms with Crippen molar-refractivity contribution < 1.29 is 4.79 Å². The van der Waals surface area contributed by atoms with E-state index in [1.807, 2.05) is 30.5 Å². The first-order valence-electron chi connectivity index (χ1n) is 8.29. The Hall–Kier alpha value is -2.94. The maximum atomic E-state index is 12.6. The molecule has 0 spiro atoms. The molecule has 0 bridgehead atoms. The highest BCUT2D eigenvalue weighted by Crippen LogP contribution is 2.48. The van der Waals surface area contributed by atoms with Crippen molar-refractivity contribution in [1.82, 2.24) is 4.98 Å². The van der Waals surface area contributed by atoms with Crippen molar-refractivity contribution >= 4 is 22.4 Å². The summed E-state index contributed by atoms with van der Waals surface area (Å²) >= 11 is 0. The molecule has 1 aliphatic carbocycles. The van der Waals surface area contributed by atoms with E-state index in [1.165, 1.54) is 0 Å². The van der Waals surface area contributed by atoms with E-state index in [0.717, 1.165) is 45.4 Å². The summed E-state index contributed by atoms with van der Waals surface area (Å²) in [6.45, 7) is 0. The smallest absolute Gasteiger partial charge is 0.161 e. The van der Waals surface area contributed by atoms with E-state index in [4.69, 9.17) is 0 Å². The molecule has 24 heavy (non-hydrogen) atoms. The zero-order valence-electron chi connectivity index (χ0n) is 13.1. The lowest BCUT2D eigenvalue weighted by atomic mass is 9.79. The van der Waals surface area contributed by atoms with Gasteiger partial charge < -0.3 is 5.32 Å². The van der Waals surface area contributed by atoms with Crippen LogP contribution in [0.4, 0.5) is 5.69 Å². The molecule has 0 saturated heterocycles. The molecule has 1 atom stereocenters. The third kappa shape index (κ3) is 1.84. The minimum absolute atomic E-state index is 0.0361. The normalized spacial score (nSPS) is 19.2. The Labute approximate surface area is 140 Å². The maximum Gasteiger partial charge on any atom is 0.161 e. The first-order valence-corrected chi connectivity index (χ1v) is 8.29. The van der Waals surface area contributed by atoms with E-state index in [0.29, 0.717) is 6.42 Å². The summed E-state index contributed by atoms with van der Waals surface area (Å²) in [6, 6.07) is 18.5. The van der Waals surface area contributed by atoms with Crippen LogP contribution in [0.15, 0.2) is 72.1 Å². The molecule has 0 fully saturated rings. The van der Waals surface area contributed by atoms with E-state index in [2.05, 4.69) is 40.6 Å². The zero-order chi connectivity index (χ0) is 16.1. The Morgan fingerprint density at radius 1 is 0.958 bits per heavy atom. The second-order valence-corrected chi connectivity index (χ2v) is 6.39. The van der Waals surface area contributed by atoms with Gasteiger partial charge in [0.1, 0.15) is 0 Å². The zero-order valence-corrected chi connectivity index (χ0v) is 13.1. The van der Waals surface area contributed by atoms with Crippen LogP contribution in [0.2, 0.25) is 0 Å². The van der Waals surface area contributed by atoms with Gasteiger partial charge in [0.05, 0.1) is 5.52 Å². The summed E-state index contributed by atoms with van der Waals surface area (Å²) in [5.41, 5.74) is 6.32. The maximum absolute atomic E-state index is 12.6. The summed E-state index contributed by atoms with van der Waals surface area (Å²) in [7, 11) is 0. The topological polar surface area (TPSA) is 42.0 Å². The van der Waals surface area contributed by atoms with Crippen LogP contribution < -0.4 is 5.32 Å². The average molecular weight is 312 g/mol. The van der Waals surface area contributed by atoms with Gasteiger partial charge in [-0.25, -0.2) is 0 Å². The third-order valence-corrected chi connectivity index (χ3v) is 5.04. The third-order valence-electron chi connectivity index (χ3n) is 5.04. The standard InChI is InChI=1S/C21H16N2O/c24-17-11-10-15-19(17)18(13-5-2-1-3-6-13)20-16(23-15)9-8-14-7-4-12-22-21(14)20/h1-9,12,18,23H,10-11H2. The Kier molecular flexibility index (Phi) is 2.83. The quantitative estimate of drug-likeness (QED) is 0.723. The van der Waals surface area contributed by atoms with Crippen molar-refractivity contribution in [2.24, 2.45) is 0 Å². The largest absolute Gasteiger partial charge is 0.358 e. The molecule has 0 radical (unpaired) electrons. The Morgan fingerprint density at radius 3 is 2.71 bits per heavy atom. The Bertz CT molecular complexity index is 1000. The van der Waals surface area contributed by atoms with Gasteiger partial charge in [0.2, 0.25) is 0 Å². The number of anilines is 1. The number of benzene rings is 2. The van der Waals surface area contributed by atoms with E-state index in [-0.39, 0.29) is 11.7 Å².